The maximum atomic E-state index is 13.7. The summed E-state index contributed by atoms with van der Waals surface area (Å²) in [5, 5.41) is 0. The van der Waals surface area contributed by atoms with Crippen molar-refractivity contribution in [2.45, 2.75) is 6.04 Å². The highest BCUT2D eigenvalue weighted by Crippen LogP contribution is 2.26. The number of hydrogen-bond acceptors (Lipinski definition) is 2. The molecule has 0 aliphatic heterocycles. The van der Waals surface area contributed by atoms with E-state index in [0.29, 0.717) is 5.56 Å². The van der Waals surface area contributed by atoms with Gasteiger partial charge in [-0.15, -0.1) is 0 Å². The third-order valence-corrected chi connectivity index (χ3v) is 3.08. The number of anilines is 1. The van der Waals surface area contributed by atoms with Gasteiger partial charge in [-0.05, 0) is 29.8 Å². The van der Waals surface area contributed by atoms with E-state index in [1.807, 2.05) is 31.1 Å². The molecule has 0 heterocycles. The van der Waals surface area contributed by atoms with Crippen LogP contribution in [0.25, 0.3) is 0 Å². The van der Waals surface area contributed by atoms with Crippen molar-refractivity contribution in [3.63, 3.8) is 0 Å². The van der Waals surface area contributed by atoms with Crippen LogP contribution in [0.3, 0.4) is 0 Å². The molecule has 0 amide bonds. The van der Waals surface area contributed by atoms with Gasteiger partial charge in [0.1, 0.15) is 11.6 Å². The van der Waals surface area contributed by atoms with E-state index >= 15 is 0 Å². The van der Waals surface area contributed by atoms with Crippen LogP contribution >= 0.6 is 0 Å². The summed E-state index contributed by atoms with van der Waals surface area (Å²) in [7, 11) is 3.84. The zero-order valence-electron chi connectivity index (χ0n) is 10.9. The zero-order valence-corrected chi connectivity index (χ0v) is 10.9. The van der Waals surface area contributed by atoms with Gasteiger partial charge < -0.3 is 10.6 Å². The second-order valence-electron chi connectivity index (χ2n) is 4.60. The molecular formula is C15H16F2N2. The lowest BCUT2D eigenvalue weighted by atomic mass is 9.98. The molecule has 0 fully saturated rings. The van der Waals surface area contributed by atoms with Gasteiger partial charge in [-0.25, -0.2) is 8.78 Å². The van der Waals surface area contributed by atoms with Gasteiger partial charge in [-0.1, -0.05) is 18.2 Å². The smallest absolute Gasteiger partial charge is 0.131 e. The first-order chi connectivity index (χ1) is 9.00. The Labute approximate surface area is 111 Å². The van der Waals surface area contributed by atoms with Crippen molar-refractivity contribution in [2.24, 2.45) is 5.73 Å². The van der Waals surface area contributed by atoms with Gasteiger partial charge in [-0.3, -0.25) is 0 Å². The van der Waals surface area contributed by atoms with Crippen LogP contribution < -0.4 is 10.6 Å². The molecule has 0 spiro atoms. The maximum absolute atomic E-state index is 13.7. The molecule has 100 valence electrons. The summed E-state index contributed by atoms with van der Waals surface area (Å²) in [6.45, 7) is 0. The van der Waals surface area contributed by atoms with Gasteiger partial charge in [0.25, 0.3) is 0 Å². The van der Waals surface area contributed by atoms with E-state index in [0.717, 1.165) is 5.69 Å². The van der Waals surface area contributed by atoms with Gasteiger partial charge >= 0.3 is 0 Å². The number of nitrogens with two attached hydrogens (primary N) is 1. The summed E-state index contributed by atoms with van der Waals surface area (Å²) in [4.78, 5) is 1.94. The Kier molecular flexibility index (Phi) is 3.81. The van der Waals surface area contributed by atoms with Crippen molar-refractivity contribution in [2.75, 3.05) is 19.0 Å². The molecule has 0 aliphatic rings. The number of hydrogen-bond donors (Lipinski definition) is 1. The molecule has 0 aromatic heterocycles. The first kappa shape index (κ1) is 13.5. The van der Waals surface area contributed by atoms with Crippen LogP contribution in [0.1, 0.15) is 17.2 Å². The van der Waals surface area contributed by atoms with Crippen molar-refractivity contribution in [3.05, 3.63) is 65.2 Å². The fourth-order valence-electron chi connectivity index (χ4n) is 1.95. The Morgan fingerprint density at radius 1 is 0.947 bits per heavy atom. The second kappa shape index (κ2) is 5.36. The van der Waals surface area contributed by atoms with E-state index in [-0.39, 0.29) is 5.56 Å². The molecular weight excluding hydrogens is 246 g/mol. The SMILES string of the molecule is CN(C)c1ccc(C(N)c2c(F)cccc2F)cc1. The molecule has 19 heavy (non-hydrogen) atoms. The summed E-state index contributed by atoms with van der Waals surface area (Å²) in [5.74, 6) is -1.24. The van der Waals surface area contributed by atoms with E-state index in [9.17, 15) is 8.78 Å². The third kappa shape index (κ3) is 2.74. The minimum Gasteiger partial charge on any atom is -0.378 e. The minimum absolute atomic E-state index is 0.0971. The lowest BCUT2D eigenvalue weighted by molar-refractivity contribution is 0.543. The quantitative estimate of drug-likeness (QED) is 0.921. The van der Waals surface area contributed by atoms with Gasteiger partial charge in [-0.2, -0.15) is 0 Å². The second-order valence-corrected chi connectivity index (χ2v) is 4.60. The molecule has 4 heteroatoms. The standard InChI is InChI=1S/C15H16F2N2/c1-19(2)11-8-6-10(7-9-11)15(18)14-12(16)4-3-5-13(14)17/h3-9,15H,18H2,1-2H3. The third-order valence-electron chi connectivity index (χ3n) is 3.08. The molecule has 2 rings (SSSR count). The molecule has 2 aromatic rings. The van der Waals surface area contributed by atoms with Crippen molar-refractivity contribution in [1.29, 1.82) is 0 Å². The van der Waals surface area contributed by atoms with Crippen LogP contribution in [0.15, 0.2) is 42.5 Å². The molecule has 0 saturated heterocycles. The molecule has 0 radical (unpaired) electrons. The van der Waals surface area contributed by atoms with Crippen molar-refractivity contribution in [1.82, 2.24) is 0 Å². The minimum atomic E-state index is -0.808. The number of nitrogens with zero attached hydrogens (tertiary/aromatic N) is 1. The number of benzene rings is 2. The number of rotatable bonds is 3. The molecule has 2 aromatic carbocycles. The Bertz CT molecular complexity index is 545. The molecule has 1 atom stereocenters. The fourth-order valence-corrected chi connectivity index (χ4v) is 1.95. The zero-order chi connectivity index (χ0) is 14.0. The Hall–Kier alpha value is -1.94. The first-order valence-corrected chi connectivity index (χ1v) is 5.97. The molecule has 0 aliphatic carbocycles. The lowest BCUT2D eigenvalue weighted by Gasteiger charge is -2.17. The average Bonchev–Trinajstić information content (AvgIpc) is 2.38. The Morgan fingerprint density at radius 3 is 1.95 bits per heavy atom. The first-order valence-electron chi connectivity index (χ1n) is 5.97. The predicted octanol–water partition coefficient (Wildman–Crippen LogP) is 3.08. The lowest BCUT2D eigenvalue weighted by Crippen LogP contribution is -2.16. The van der Waals surface area contributed by atoms with Crippen LogP contribution in [0.2, 0.25) is 0 Å². The van der Waals surface area contributed by atoms with Gasteiger partial charge in [0, 0.05) is 25.3 Å². The number of halogens is 2. The van der Waals surface area contributed by atoms with Crippen molar-refractivity contribution in [3.8, 4) is 0 Å². The largest absolute Gasteiger partial charge is 0.378 e. The van der Waals surface area contributed by atoms with Crippen molar-refractivity contribution < 1.29 is 8.78 Å². The predicted molar refractivity (Wildman–Crippen MR) is 73.2 cm³/mol. The fraction of sp³-hybridized carbons (Fsp3) is 0.200. The summed E-state index contributed by atoms with van der Waals surface area (Å²) in [6, 6.07) is 10.3. The Balaban J connectivity index is 2.36. The van der Waals surface area contributed by atoms with E-state index in [2.05, 4.69) is 0 Å². The summed E-state index contributed by atoms with van der Waals surface area (Å²) < 4.78 is 27.3. The van der Waals surface area contributed by atoms with E-state index in [1.165, 1.54) is 18.2 Å². The van der Waals surface area contributed by atoms with E-state index < -0.39 is 17.7 Å². The van der Waals surface area contributed by atoms with Crippen LogP contribution in [-0.2, 0) is 0 Å². The summed E-state index contributed by atoms with van der Waals surface area (Å²) in [5.41, 5.74) is 7.53. The maximum Gasteiger partial charge on any atom is 0.131 e. The Morgan fingerprint density at radius 2 is 1.47 bits per heavy atom. The van der Waals surface area contributed by atoms with Crippen LogP contribution in [0.4, 0.5) is 14.5 Å². The normalized spacial score (nSPS) is 12.3. The molecule has 2 nitrogen and oxygen atoms in total. The highest BCUT2D eigenvalue weighted by Gasteiger charge is 2.18. The van der Waals surface area contributed by atoms with Gasteiger partial charge in [0.2, 0.25) is 0 Å². The summed E-state index contributed by atoms with van der Waals surface area (Å²) in [6.07, 6.45) is 0. The van der Waals surface area contributed by atoms with E-state index in [4.69, 9.17) is 5.73 Å². The van der Waals surface area contributed by atoms with E-state index in [1.54, 1.807) is 12.1 Å². The highest BCUT2D eigenvalue weighted by molar-refractivity contribution is 5.47. The average molecular weight is 262 g/mol. The highest BCUT2D eigenvalue weighted by atomic mass is 19.1. The molecule has 2 N–H and O–H groups in total. The molecule has 0 bridgehead atoms. The molecule has 1 unspecified atom stereocenters. The molecule has 0 saturated carbocycles. The van der Waals surface area contributed by atoms with Gasteiger partial charge in [0.15, 0.2) is 0 Å². The summed E-state index contributed by atoms with van der Waals surface area (Å²) >= 11 is 0. The van der Waals surface area contributed by atoms with Crippen LogP contribution in [-0.4, -0.2) is 14.1 Å². The monoisotopic (exact) mass is 262 g/mol. The van der Waals surface area contributed by atoms with Crippen LogP contribution in [0, 0.1) is 11.6 Å². The van der Waals surface area contributed by atoms with Crippen molar-refractivity contribution >= 4 is 5.69 Å². The van der Waals surface area contributed by atoms with Gasteiger partial charge in [0.05, 0.1) is 6.04 Å². The van der Waals surface area contributed by atoms with Crippen LogP contribution in [0.5, 0.6) is 0 Å². The topological polar surface area (TPSA) is 29.3 Å².